The molecular formula is C11H18N2O2. The van der Waals surface area contributed by atoms with Crippen LogP contribution in [0.1, 0.15) is 5.56 Å². The summed E-state index contributed by atoms with van der Waals surface area (Å²) in [6, 6.07) is 5.68. The molecule has 4 heteroatoms. The van der Waals surface area contributed by atoms with Crippen LogP contribution >= 0.6 is 0 Å². The lowest BCUT2D eigenvalue weighted by molar-refractivity contribution is 0.281. The average Bonchev–Trinajstić information content (AvgIpc) is 2.18. The molecule has 0 aliphatic rings. The van der Waals surface area contributed by atoms with Crippen molar-refractivity contribution in [2.45, 2.75) is 6.92 Å². The van der Waals surface area contributed by atoms with Crippen LogP contribution in [-0.2, 0) is 0 Å². The van der Waals surface area contributed by atoms with Gasteiger partial charge in [-0.3, -0.25) is 0 Å². The quantitative estimate of drug-likeness (QED) is 0.614. The molecule has 1 rings (SSSR count). The van der Waals surface area contributed by atoms with E-state index < -0.39 is 0 Å². The van der Waals surface area contributed by atoms with E-state index in [1.54, 1.807) is 0 Å². The molecule has 4 nitrogen and oxygen atoms in total. The normalized spacial score (nSPS) is 10.3. The topological polar surface area (TPSA) is 69.7 Å². The first-order valence-corrected chi connectivity index (χ1v) is 5.02. The second-order valence-corrected chi connectivity index (χ2v) is 3.45. The highest BCUT2D eigenvalue weighted by Gasteiger charge is 2.10. The van der Waals surface area contributed by atoms with Crippen LogP contribution in [0.4, 0.5) is 11.4 Å². The molecule has 1 aromatic carbocycles. The third-order valence-electron chi connectivity index (χ3n) is 2.33. The van der Waals surface area contributed by atoms with E-state index in [1.807, 2.05) is 30.0 Å². The van der Waals surface area contributed by atoms with Gasteiger partial charge < -0.3 is 20.8 Å². The fraction of sp³-hybridized carbons (Fsp3) is 0.455. The fourth-order valence-corrected chi connectivity index (χ4v) is 1.69. The van der Waals surface area contributed by atoms with Gasteiger partial charge in [0.1, 0.15) is 0 Å². The Morgan fingerprint density at radius 2 is 1.80 bits per heavy atom. The number of nitrogen functional groups attached to an aromatic ring is 1. The summed E-state index contributed by atoms with van der Waals surface area (Å²) in [5.74, 6) is 0. The second-order valence-electron chi connectivity index (χ2n) is 3.45. The lowest BCUT2D eigenvalue weighted by Gasteiger charge is -2.26. The summed E-state index contributed by atoms with van der Waals surface area (Å²) in [7, 11) is 0. The van der Waals surface area contributed by atoms with E-state index in [1.165, 1.54) is 0 Å². The first-order valence-electron chi connectivity index (χ1n) is 5.02. The Bertz CT molecular complexity index is 289. The molecule has 0 amide bonds. The minimum atomic E-state index is 0.0494. The highest BCUT2D eigenvalue weighted by Crippen LogP contribution is 2.26. The molecule has 0 aliphatic heterocycles. The Labute approximate surface area is 89.9 Å². The summed E-state index contributed by atoms with van der Waals surface area (Å²) in [6.07, 6.45) is 0. The highest BCUT2D eigenvalue weighted by molar-refractivity contribution is 5.71. The molecule has 15 heavy (non-hydrogen) atoms. The maximum Gasteiger partial charge on any atom is 0.0631 e. The molecule has 0 saturated heterocycles. The standard InChI is InChI=1S/C11H18N2O2/c1-9-3-2-4-10(12)11(9)13(5-7-14)6-8-15/h2-4,14-15H,5-8,12H2,1H3. The zero-order valence-corrected chi connectivity index (χ0v) is 8.98. The Morgan fingerprint density at radius 3 is 2.27 bits per heavy atom. The summed E-state index contributed by atoms with van der Waals surface area (Å²) >= 11 is 0. The van der Waals surface area contributed by atoms with Gasteiger partial charge in [-0.1, -0.05) is 12.1 Å². The fourth-order valence-electron chi connectivity index (χ4n) is 1.69. The summed E-state index contributed by atoms with van der Waals surface area (Å²) in [5, 5.41) is 17.9. The van der Waals surface area contributed by atoms with Crippen LogP contribution in [0.5, 0.6) is 0 Å². The SMILES string of the molecule is Cc1cccc(N)c1N(CCO)CCO. The monoisotopic (exact) mass is 210 g/mol. The highest BCUT2D eigenvalue weighted by atomic mass is 16.3. The van der Waals surface area contributed by atoms with Gasteiger partial charge in [0.15, 0.2) is 0 Å². The number of rotatable bonds is 5. The number of nitrogens with zero attached hydrogens (tertiary/aromatic N) is 1. The van der Waals surface area contributed by atoms with Crippen LogP contribution in [0.15, 0.2) is 18.2 Å². The number of benzene rings is 1. The van der Waals surface area contributed by atoms with E-state index in [0.29, 0.717) is 18.8 Å². The summed E-state index contributed by atoms with van der Waals surface area (Å²) in [4.78, 5) is 1.89. The number of aliphatic hydroxyl groups excluding tert-OH is 2. The van der Waals surface area contributed by atoms with Gasteiger partial charge in [-0.25, -0.2) is 0 Å². The molecule has 0 unspecified atom stereocenters. The molecule has 0 spiro atoms. The zero-order chi connectivity index (χ0) is 11.3. The van der Waals surface area contributed by atoms with Crippen molar-refractivity contribution in [3.05, 3.63) is 23.8 Å². The number of hydrogen-bond donors (Lipinski definition) is 3. The second kappa shape index (κ2) is 5.58. The Balaban J connectivity index is 2.98. The zero-order valence-electron chi connectivity index (χ0n) is 8.98. The van der Waals surface area contributed by atoms with Crippen LogP contribution < -0.4 is 10.6 Å². The molecule has 0 heterocycles. The molecule has 0 atom stereocenters. The summed E-state index contributed by atoms with van der Waals surface area (Å²) < 4.78 is 0. The van der Waals surface area contributed by atoms with E-state index >= 15 is 0 Å². The first kappa shape index (κ1) is 11.8. The minimum absolute atomic E-state index is 0.0494. The van der Waals surface area contributed by atoms with E-state index in [4.69, 9.17) is 15.9 Å². The van der Waals surface area contributed by atoms with E-state index in [-0.39, 0.29) is 13.2 Å². The molecule has 0 radical (unpaired) electrons. The van der Waals surface area contributed by atoms with Crippen molar-refractivity contribution < 1.29 is 10.2 Å². The molecule has 0 bridgehead atoms. The molecular weight excluding hydrogens is 192 g/mol. The van der Waals surface area contributed by atoms with E-state index in [9.17, 15) is 0 Å². The van der Waals surface area contributed by atoms with Gasteiger partial charge >= 0.3 is 0 Å². The number of anilines is 2. The van der Waals surface area contributed by atoms with Gasteiger partial charge in [0.25, 0.3) is 0 Å². The first-order chi connectivity index (χ1) is 7.20. The number of nitrogens with two attached hydrogens (primary N) is 1. The molecule has 1 aromatic rings. The summed E-state index contributed by atoms with van der Waals surface area (Å²) in [6.45, 7) is 3.03. The number of aryl methyl sites for hydroxylation is 1. The number of hydrogen-bond acceptors (Lipinski definition) is 4. The average molecular weight is 210 g/mol. The third-order valence-corrected chi connectivity index (χ3v) is 2.33. The van der Waals surface area contributed by atoms with Crippen LogP contribution in [0.2, 0.25) is 0 Å². The van der Waals surface area contributed by atoms with Crippen LogP contribution in [0.25, 0.3) is 0 Å². The van der Waals surface area contributed by atoms with Gasteiger partial charge in [-0.05, 0) is 18.6 Å². The molecule has 84 valence electrons. The lowest BCUT2D eigenvalue weighted by Crippen LogP contribution is -2.30. The van der Waals surface area contributed by atoms with Crippen molar-refractivity contribution in [3.8, 4) is 0 Å². The van der Waals surface area contributed by atoms with Crippen molar-refractivity contribution in [1.82, 2.24) is 0 Å². The van der Waals surface area contributed by atoms with Crippen molar-refractivity contribution in [2.75, 3.05) is 36.9 Å². The molecule has 0 fully saturated rings. The third kappa shape index (κ3) is 2.84. The van der Waals surface area contributed by atoms with Gasteiger partial charge in [-0.2, -0.15) is 0 Å². The van der Waals surface area contributed by atoms with E-state index in [2.05, 4.69) is 0 Å². The van der Waals surface area contributed by atoms with Crippen LogP contribution in [0, 0.1) is 6.92 Å². The Hall–Kier alpha value is -1.26. The predicted octanol–water partition coefficient (Wildman–Crippen LogP) is 0.368. The summed E-state index contributed by atoms with van der Waals surface area (Å²) in [5.41, 5.74) is 8.51. The maximum atomic E-state index is 8.94. The molecule has 0 saturated carbocycles. The van der Waals surface area contributed by atoms with Crippen molar-refractivity contribution in [3.63, 3.8) is 0 Å². The molecule has 4 N–H and O–H groups in total. The van der Waals surface area contributed by atoms with Crippen LogP contribution in [-0.4, -0.2) is 36.5 Å². The number of para-hydroxylation sites is 1. The molecule has 0 aliphatic carbocycles. The van der Waals surface area contributed by atoms with E-state index in [0.717, 1.165) is 11.3 Å². The predicted molar refractivity (Wildman–Crippen MR) is 62.0 cm³/mol. The van der Waals surface area contributed by atoms with Gasteiger partial charge in [-0.15, -0.1) is 0 Å². The molecule has 0 aromatic heterocycles. The largest absolute Gasteiger partial charge is 0.397 e. The van der Waals surface area contributed by atoms with Gasteiger partial charge in [0.05, 0.1) is 24.6 Å². The Kier molecular flexibility index (Phi) is 4.39. The van der Waals surface area contributed by atoms with Crippen LogP contribution in [0.3, 0.4) is 0 Å². The Morgan fingerprint density at radius 1 is 1.20 bits per heavy atom. The van der Waals surface area contributed by atoms with Crippen molar-refractivity contribution in [1.29, 1.82) is 0 Å². The van der Waals surface area contributed by atoms with Gasteiger partial charge in [0, 0.05) is 13.1 Å². The van der Waals surface area contributed by atoms with Crippen molar-refractivity contribution >= 4 is 11.4 Å². The maximum absolute atomic E-state index is 8.94. The van der Waals surface area contributed by atoms with Gasteiger partial charge in [0.2, 0.25) is 0 Å². The lowest BCUT2D eigenvalue weighted by atomic mass is 10.1. The minimum Gasteiger partial charge on any atom is -0.397 e. The smallest absolute Gasteiger partial charge is 0.0631 e. The number of aliphatic hydroxyl groups is 2. The van der Waals surface area contributed by atoms with Crippen molar-refractivity contribution in [2.24, 2.45) is 0 Å².